The Balaban J connectivity index is 0.000000248. The lowest BCUT2D eigenvalue weighted by Gasteiger charge is -2.17. The van der Waals surface area contributed by atoms with Crippen LogP contribution in [-0.2, 0) is 6.42 Å². The van der Waals surface area contributed by atoms with Crippen molar-refractivity contribution in [2.45, 2.75) is 19.8 Å². The number of nitrogens with one attached hydrogen (secondary N) is 1. The van der Waals surface area contributed by atoms with Gasteiger partial charge >= 0.3 is 0 Å². The molecule has 0 bridgehead atoms. The fourth-order valence-corrected chi connectivity index (χ4v) is 2.55. The first-order valence-electron chi connectivity index (χ1n) is 9.38. The SMILES string of the molecule is C=C.CCCN(C)Nc1ccccc1.c1ccc(Cc2ccccc2)cc1. The standard InChI is InChI=1S/C13H12.C10H16N2.C2H4/c1-3-7-12(8-4-1)11-13-9-5-2-6-10-13;1-3-9-12(2)11-10-7-5-4-6-8-10;1-2/h1-10H,11H2;4-8,11H,3,9H2,1-2H3;1-2H2. The van der Waals surface area contributed by atoms with E-state index < -0.39 is 0 Å². The second-order valence-electron chi connectivity index (χ2n) is 6.05. The monoisotopic (exact) mass is 360 g/mol. The number of para-hydroxylation sites is 1. The number of rotatable bonds is 6. The van der Waals surface area contributed by atoms with E-state index in [1.807, 2.05) is 18.2 Å². The molecule has 0 amide bonds. The highest BCUT2D eigenvalue weighted by Crippen LogP contribution is 2.08. The summed E-state index contributed by atoms with van der Waals surface area (Å²) in [4.78, 5) is 0. The molecule has 0 aliphatic rings. The molecule has 1 N–H and O–H groups in total. The summed E-state index contributed by atoms with van der Waals surface area (Å²) in [5, 5.41) is 2.09. The Morgan fingerprint density at radius 3 is 1.52 bits per heavy atom. The molecule has 0 aliphatic carbocycles. The van der Waals surface area contributed by atoms with Crippen molar-refractivity contribution in [1.82, 2.24) is 5.01 Å². The first kappa shape index (κ1) is 22.2. The quantitative estimate of drug-likeness (QED) is 0.402. The fraction of sp³-hybridized carbons (Fsp3) is 0.200. The number of nitrogens with zero attached hydrogens (tertiary/aromatic N) is 1. The van der Waals surface area contributed by atoms with Crippen molar-refractivity contribution >= 4 is 5.69 Å². The van der Waals surface area contributed by atoms with Crippen molar-refractivity contribution < 1.29 is 0 Å². The summed E-state index contributed by atoms with van der Waals surface area (Å²) >= 11 is 0. The summed E-state index contributed by atoms with van der Waals surface area (Å²) in [6.07, 6.45) is 2.19. The van der Waals surface area contributed by atoms with Gasteiger partial charge in [-0.25, -0.2) is 5.01 Å². The van der Waals surface area contributed by atoms with Crippen molar-refractivity contribution in [3.63, 3.8) is 0 Å². The minimum Gasteiger partial charge on any atom is -0.319 e. The number of hydrogen-bond acceptors (Lipinski definition) is 2. The van der Waals surface area contributed by atoms with E-state index in [0.717, 1.165) is 25.1 Å². The highest BCUT2D eigenvalue weighted by atomic mass is 15.5. The molecule has 0 unspecified atom stereocenters. The lowest BCUT2D eigenvalue weighted by molar-refractivity contribution is 0.401. The summed E-state index contributed by atoms with van der Waals surface area (Å²) in [6.45, 7) is 9.23. The normalized spacial score (nSPS) is 9.44. The summed E-state index contributed by atoms with van der Waals surface area (Å²) in [5.41, 5.74) is 7.16. The van der Waals surface area contributed by atoms with Gasteiger partial charge in [-0.05, 0) is 36.1 Å². The molecule has 142 valence electrons. The van der Waals surface area contributed by atoms with Crippen LogP contribution in [0.25, 0.3) is 0 Å². The van der Waals surface area contributed by atoms with E-state index >= 15 is 0 Å². The maximum Gasteiger partial charge on any atom is 0.0489 e. The molecular weight excluding hydrogens is 328 g/mol. The Bertz CT molecular complexity index is 659. The predicted molar refractivity (Wildman–Crippen MR) is 120 cm³/mol. The number of anilines is 1. The Morgan fingerprint density at radius 2 is 1.11 bits per heavy atom. The van der Waals surface area contributed by atoms with Crippen molar-refractivity contribution in [1.29, 1.82) is 0 Å². The van der Waals surface area contributed by atoms with Gasteiger partial charge in [0.05, 0.1) is 0 Å². The van der Waals surface area contributed by atoms with Gasteiger partial charge in [-0.2, -0.15) is 0 Å². The maximum atomic E-state index is 3.28. The molecule has 0 heterocycles. The van der Waals surface area contributed by atoms with Crippen LogP contribution in [0.1, 0.15) is 24.5 Å². The molecule has 2 nitrogen and oxygen atoms in total. The Hall–Kier alpha value is -2.84. The largest absolute Gasteiger partial charge is 0.319 e. The molecule has 2 heteroatoms. The highest BCUT2D eigenvalue weighted by Gasteiger charge is 1.94. The number of hydrogen-bond donors (Lipinski definition) is 1. The predicted octanol–water partition coefficient (Wildman–Crippen LogP) is 6.43. The molecule has 27 heavy (non-hydrogen) atoms. The first-order valence-corrected chi connectivity index (χ1v) is 9.38. The molecule has 0 spiro atoms. The third kappa shape index (κ3) is 10.0. The zero-order valence-corrected chi connectivity index (χ0v) is 16.6. The molecule has 3 aromatic carbocycles. The fourth-order valence-electron chi connectivity index (χ4n) is 2.55. The summed E-state index contributed by atoms with van der Waals surface area (Å²) in [7, 11) is 2.05. The van der Waals surface area contributed by atoms with Crippen LogP contribution < -0.4 is 5.43 Å². The summed E-state index contributed by atoms with van der Waals surface area (Å²) in [6, 6.07) is 31.3. The average molecular weight is 361 g/mol. The van der Waals surface area contributed by atoms with E-state index in [-0.39, 0.29) is 0 Å². The van der Waals surface area contributed by atoms with Gasteiger partial charge in [-0.1, -0.05) is 85.8 Å². The molecule has 0 atom stereocenters. The third-order valence-electron chi connectivity index (χ3n) is 3.75. The zero-order chi connectivity index (χ0) is 19.7. The van der Waals surface area contributed by atoms with Gasteiger partial charge in [-0.15, -0.1) is 13.2 Å². The Labute approximate surface area is 165 Å². The van der Waals surface area contributed by atoms with Crippen LogP contribution in [0.15, 0.2) is 104 Å². The smallest absolute Gasteiger partial charge is 0.0489 e. The van der Waals surface area contributed by atoms with Gasteiger partial charge in [-0.3, -0.25) is 0 Å². The van der Waals surface area contributed by atoms with Gasteiger partial charge in [0, 0.05) is 19.3 Å². The second kappa shape index (κ2) is 14.3. The van der Waals surface area contributed by atoms with Crippen molar-refractivity contribution in [3.05, 3.63) is 115 Å². The topological polar surface area (TPSA) is 15.3 Å². The molecule has 3 rings (SSSR count). The zero-order valence-electron chi connectivity index (χ0n) is 16.6. The molecule has 0 fully saturated rings. The van der Waals surface area contributed by atoms with Crippen LogP contribution in [0.3, 0.4) is 0 Å². The van der Waals surface area contributed by atoms with Crippen LogP contribution in [0.4, 0.5) is 5.69 Å². The molecule has 0 saturated carbocycles. The first-order chi connectivity index (χ1) is 13.3. The summed E-state index contributed by atoms with van der Waals surface area (Å²) in [5.74, 6) is 0. The Kier molecular flexibility index (Phi) is 11.8. The lowest BCUT2D eigenvalue weighted by Crippen LogP contribution is -2.25. The van der Waals surface area contributed by atoms with Crippen LogP contribution in [0.5, 0.6) is 0 Å². The third-order valence-corrected chi connectivity index (χ3v) is 3.75. The number of hydrazine groups is 1. The van der Waals surface area contributed by atoms with Gasteiger partial charge < -0.3 is 5.43 Å². The minimum absolute atomic E-state index is 1.03. The maximum absolute atomic E-state index is 3.28. The van der Waals surface area contributed by atoms with E-state index in [4.69, 9.17) is 0 Å². The summed E-state index contributed by atoms with van der Waals surface area (Å²) < 4.78 is 0. The second-order valence-corrected chi connectivity index (χ2v) is 6.05. The molecule has 0 aromatic heterocycles. The number of benzene rings is 3. The van der Waals surface area contributed by atoms with Gasteiger partial charge in [0.15, 0.2) is 0 Å². The van der Waals surface area contributed by atoms with E-state index in [9.17, 15) is 0 Å². The van der Waals surface area contributed by atoms with E-state index in [1.54, 1.807) is 0 Å². The molecule has 0 saturated heterocycles. The minimum atomic E-state index is 1.03. The van der Waals surface area contributed by atoms with Crippen LogP contribution >= 0.6 is 0 Å². The van der Waals surface area contributed by atoms with Crippen molar-refractivity contribution in [3.8, 4) is 0 Å². The molecule has 0 radical (unpaired) electrons. The van der Waals surface area contributed by atoms with E-state index in [1.165, 1.54) is 11.1 Å². The van der Waals surface area contributed by atoms with Crippen LogP contribution in [0.2, 0.25) is 0 Å². The van der Waals surface area contributed by atoms with Crippen LogP contribution in [-0.4, -0.2) is 18.6 Å². The van der Waals surface area contributed by atoms with Gasteiger partial charge in [0.1, 0.15) is 0 Å². The highest BCUT2D eigenvalue weighted by molar-refractivity contribution is 5.41. The van der Waals surface area contributed by atoms with E-state index in [0.29, 0.717) is 0 Å². The van der Waals surface area contributed by atoms with Gasteiger partial charge in [0.25, 0.3) is 0 Å². The van der Waals surface area contributed by atoms with Gasteiger partial charge in [0.2, 0.25) is 0 Å². The van der Waals surface area contributed by atoms with E-state index in [2.05, 4.69) is 110 Å². The molecule has 3 aromatic rings. The Morgan fingerprint density at radius 1 is 0.704 bits per heavy atom. The average Bonchev–Trinajstić information content (AvgIpc) is 2.72. The molecular formula is C25H32N2. The van der Waals surface area contributed by atoms with Crippen LogP contribution in [0, 0.1) is 0 Å². The van der Waals surface area contributed by atoms with Crippen molar-refractivity contribution in [2.75, 3.05) is 19.0 Å². The molecule has 0 aliphatic heterocycles. The lowest BCUT2D eigenvalue weighted by atomic mass is 10.1. The van der Waals surface area contributed by atoms with Crippen molar-refractivity contribution in [2.24, 2.45) is 0 Å².